The van der Waals surface area contributed by atoms with Crippen molar-refractivity contribution in [3.8, 4) is 0 Å². The van der Waals surface area contributed by atoms with Gasteiger partial charge in [-0.1, -0.05) is 154 Å². The van der Waals surface area contributed by atoms with Gasteiger partial charge in [-0.05, 0) is 103 Å². The van der Waals surface area contributed by atoms with E-state index in [1.807, 2.05) is 0 Å². The third-order valence-electron chi connectivity index (χ3n) is 10.7. The molecule has 6 heteroatoms. The molecule has 52 heavy (non-hydrogen) atoms. The number of unbranched alkanes of at least 4 members (excludes halogenated alkanes) is 25. The van der Waals surface area contributed by atoms with Gasteiger partial charge in [-0.2, -0.15) is 0 Å². The fraction of sp³-hybridized carbons (Fsp3) is 0.913. The summed E-state index contributed by atoms with van der Waals surface area (Å²) in [6.45, 7) is 10.7. The highest BCUT2D eigenvalue weighted by Crippen LogP contribution is 2.13. The zero-order valence-electron chi connectivity index (χ0n) is 35.3. The number of rotatable bonds is 43. The molecule has 0 bridgehead atoms. The summed E-state index contributed by atoms with van der Waals surface area (Å²) < 4.78 is 0. The van der Waals surface area contributed by atoms with Crippen LogP contribution in [0.2, 0.25) is 0 Å². The Labute approximate surface area is 326 Å². The van der Waals surface area contributed by atoms with Crippen LogP contribution >= 0.6 is 0 Å². The molecule has 0 rings (SSSR count). The molecule has 0 aliphatic heterocycles. The van der Waals surface area contributed by atoms with Gasteiger partial charge in [-0.3, -0.25) is 0 Å². The van der Waals surface area contributed by atoms with E-state index in [9.17, 15) is 10.2 Å². The monoisotopic (exact) mass is 735 g/mol. The van der Waals surface area contributed by atoms with E-state index in [-0.39, 0.29) is 0 Å². The SMILES string of the molecule is CCCCCCCC/C=C/CCCCCCCCN(CCCCN(CCCCCCCC/C=C/CCCCCCCC)CC(O)CN)CC(O)CN. The first-order valence-electron chi connectivity index (χ1n) is 23.1. The second-order valence-electron chi connectivity index (χ2n) is 16.0. The number of nitrogens with two attached hydrogens (primary N) is 2. The first-order chi connectivity index (χ1) is 25.6. The number of hydrogen-bond donors (Lipinski definition) is 4. The Morgan fingerprint density at radius 2 is 0.596 bits per heavy atom. The predicted molar refractivity (Wildman–Crippen MR) is 231 cm³/mol. The Balaban J connectivity index is 4.08. The van der Waals surface area contributed by atoms with Crippen LogP contribution in [-0.4, -0.2) is 84.6 Å². The molecule has 0 heterocycles. The van der Waals surface area contributed by atoms with E-state index in [1.54, 1.807) is 0 Å². The summed E-state index contributed by atoms with van der Waals surface area (Å²) in [7, 11) is 0. The molecule has 2 atom stereocenters. The van der Waals surface area contributed by atoms with Crippen molar-refractivity contribution in [1.82, 2.24) is 9.80 Å². The van der Waals surface area contributed by atoms with E-state index in [2.05, 4.69) is 48.0 Å². The van der Waals surface area contributed by atoms with Gasteiger partial charge in [0.05, 0.1) is 12.2 Å². The van der Waals surface area contributed by atoms with Crippen LogP contribution in [0, 0.1) is 0 Å². The average Bonchev–Trinajstić information content (AvgIpc) is 3.15. The van der Waals surface area contributed by atoms with Gasteiger partial charge >= 0.3 is 0 Å². The molecular formula is C46H94N4O2. The van der Waals surface area contributed by atoms with E-state index in [4.69, 9.17) is 11.5 Å². The minimum Gasteiger partial charge on any atom is -0.390 e. The summed E-state index contributed by atoms with van der Waals surface area (Å²) in [5.74, 6) is 0. The Hall–Kier alpha value is -0.760. The quantitative estimate of drug-likeness (QED) is 0.0368. The van der Waals surface area contributed by atoms with E-state index < -0.39 is 12.2 Å². The van der Waals surface area contributed by atoms with Gasteiger partial charge in [-0.15, -0.1) is 0 Å². The van der Waals surface area contributed by atoms with Gasteiger partial charge in [0.15, 0.2) is 0 Å². The van der Waals surface area contributed by atoms with Gasteiger partial charge < -0.3 is 31.5 Å². The summed E-state index contributed by atoms with van der Waals surface area (Å²) in [6, 6.07) is 0. The highest BCUT2D eigenvalue weighted by Gasteiger charge is 2.13. The molecule has 2 unspecified atom stereocenters. The number of nitrogens with zero attached hydrogens (tertiary/aromatic N) is 2. The number of hydrogen-bond acceptors (Lipinski definition) is 6. The molecular weight excluding hydrogens is 641 g/mol. The lowest BCUT2D eigenvalue weighted by molar-refractivity contribution is 0.107. The zero-order valence-corrected chi connectivity index (χ0v) is 35.3. The topological polar surface area (TPSA) is 99.0 Å². The first kappa shape index (κ1) is 51.2. The Morgan fingerprint density at radius 1 is 0.365 bits per heavy atom. The Morgan fingerprint density at radius 3 is 0.865 bits per heavy atom. The van der Waals surface area contributed by atoms with Crippen molar-refractivity contribution in [1.29, 1.82) is 0 Å². The number of aliphatic hydroxyl groups excluding tert-OH is 2. The Kier molecular flexibility index (Phi) is 42.3. The van der Waals surface area contributed by atoms with Crippen molar-refractivity contribution in [2.45, 2.75) is 219 Å². The minimum atomic E-state index is -0.448. The van der Waals surface area contributed by atoms with Crippen molar-refractivity contribution in [2.24, 2.45) is 11.5 Å². The maximum Gasteiger partial charge on any atom is 0.0789 e. The lowest BCUT2D eigenvalue weighted by atomic mass is 10.1. The summed E-state index contributed by atoms with van der Waals surface area (Å²) >= 11 is 0. The van der Waals surface area contributed by atoms with Crippen molar-refractivity contribution < 1.29 is 10.2 Å². The van der Waals surface area contributed by atoms with Crippen LogP contribution in [0.25, 0.3) is 0 Å². The predicted octanol–water partition coefficient (Wildman–Crippen LogP) is 11.1. The van der Waals surface area contributed by atoms with Crippen molar-refractivity contribution in [2.75, 3.05) is 52.4 Å². The highest BCUT2D eigenvalue weighted by molar-refractivity contribution is 4.82. The van der Waals surface area contributed by atoms with Gasteiger partial charge in [0, 0.05) is 26.2 Å². The number of allylic oxidation sites excluding steroid dienone is 4. The van der Waals surface area contributed by atoms with Crippen molar-refractivity contribution in [3.63, 3.8) is 0 Å². The number of aliphatic hydroxyl groups is 2. The fourth-order valence-corrected chi connectivity index (χ4v) is 7.17. The van der Waals surface area contributed by atoms with Gasteiger partial charge in [-0.25, -0.2) is 0 Å². The van der Waals surface area contributed by atoms with Crippen molar-refractivity contribution >= 4 is 0 Å². The molecule has 0 aromatic carbocycles. The molecule has 0 radical (unpaired) electrons. The van der Waals surface area contributed by atoms with E-state index >= 15 is 0 Å². The molecule has 0 fully saturated rings. The summed E-state index contributed by atoms with van der Waals surface area (Å²) in [5.41, 5.74) is 11.5. The maximum absolute atomic E-state index is 10.3. The third kappa shape index (κ3) is 38.9. The molecule has 310 valence electrons. The Bertz CT molecular complexity index is 673. The molecule has 0 aliphatic carbocycles. The lowest BCUT2D eigenvalue weighted by Gasteiger charge is -2.27. The van der Waals surface area contributed by atoms with Crippen LogP contribution in [0.4, 0.5) is 0 Å². The molecule has 0 aliphatic rings. The molecule has 6 N–H and O–H groups in total. The molecule has 0 aromatic heterocycles. The second-order valence-corrected chi connectivity index (χ2v) is 16.0. The van der Waals surface area contributed by atoms with Crippen LogP contribution in [-0.2, 0) is 0 Å². The first-order valence-corrected chi connectivity index (χ1v) is 23.1. The highest BCUT2D eigenvalue weighted by atomic mass is 16.3. The smallest absolute Gasteiger partial charge is 0.0789 e. The second kappa shape index (κ2) is 43.0. The average molecular weight is 735 g/mol. The molecule has 6 nitrogen and oxygen atoms in total. The fourth-order valence-electron chi connectivity index (χ4n) is 7.17. The molecule has 0 amide bonds. The normalized spacial score (nSPS) is 13.5. The largest absolute Gasteiger partial charge is 0.390 e. The van der Waals surface area contributed by atoms with Crippen LogP contribution < -0.4 is 11.5 Å². The van der Waals surface area contributed by atoms with Gasteiger partial charge in [0.2, 0.25) is 0 Å². The summed E-state index contributed by atoms with van der Waals surface area (Å²) in [6.07, 6.45) is 48.0. The molecule has 0 aromatic rings. The molecule has 0 spiro atoms. The van der Waals surface area contributed by atoms with Crippen molar-refractivity contribution in [3.05, 3.63) is 24.3 Å². The van der Waals surface area contributed by atoms with E-state index in [0.717, 1.165) is 39.0 Å². The van der Waals surface area contributed by atoms with Crippen LogP contribution in [0.3, 0.4) is 0 Å². The summed E-state index contributed by atoms with van der Waals surface area (Å²) in [5, 5.41) is 20.6. The van der Waals surface area contributed by atoms with Crippen LogP contribution in [0.15, 0.2) is 24.3 Å². The van der Waals surface area contributed by atoms with E-state index in [0.29, 0.717) is 26.2 Å². The maximum atomic E-state index is 10.3. The minimum absolute atomic E-state index is 0.324. The van der Waals surface area contributed by atoms with Gasteiger partial charge in [0.25, 0.3) is 0 Å². The molecule has 0 saturated heterocycles. The zero-order chi connectivity index (χ0) is 38.0. The molecule has 0 saturated carbocycles. The third-order valence-corrected chi connectivity index (χ3v) is 10.7. The standard InChI is InChI=1S/C46H94N4O2/c1-3-5-7-9-11-13-15-17-19-21-23-25-27-29-31-33-37-49(43-45(51)41-47)39-35-36-40-50(44-46(52)42-48)38-34-32-30-28-26-24-22-20-18-16-14-12-10-8-6-4-2/h17-20,45-46,51-52H,3-16,21-44,47-48H2,1-2H3/b19-17+,20-18+. The van der Waals surface area contributed by atoms with E-state index in [1.165, 1.54) is 180 Å². The van der Waals surface area contributed by atoms with Gasteiger partial charge in [0.1, 0.15) is 0 Å². The lowest BCUT2D eigenvalue weighted by Crippen LogP contribution is -2.39. The van der Waals surface area contributed by atoms with Crippen LogP contribution in [0.5, 0.6) is 0 Å². The summed E-state index contributed by atoms with van der Waals surface area (Å²) in [4.78, 5) is 4.85. The van der Waals surface area contributed by atoms with Crippen LogP contribution in [0.1, 0.15) is 206 Å².